The van der Waals surface area contributed by atoms with Crippen LogP contribution in [0, 0.1) is 0 Å². The molecular weight excluding hydrogens is 1440 g/mol. The van der Waals surface area contributed by atoms with Gasteiger partial charge in [0, 0.05) is 59.1 Å². The fourth-order valence-electron chi connectivity index (χ4n) is 16.9. The Kier molecular flexibility index (Phi) is 15.1. The highest BCUT2D eigenvalue weighted by molar-refractivity contribution is 9.09. The summed E-state index contributed by atoms with van der Waals surface area (Å²) in [5.74, 6) is 0.110. The first-order chi connectivity index (χ1) is 45.6. The Morgan fingerprint density at radius 3 is 0.844 bits per heavy atom. The molecule has 12 saturated heterocycles. The number of piperazine rings is 1. The Balaban J connectivity index is 0.00000120. The zero-order chi connectivity index (χ0) is 67.8. The topological polar surface area (TPSA) is 358 Å². The first kappa shape index (κ1) is 64.5. The van der Waals surface area contributed by atoms with Gasteiger partial charge in [0.1, 0.15) is 63.0 Å². The Morgan fingerprint density at radius 2 is 0.615 bits per heavy atom. The van der Waals surface area contributed by atoms with Crippen molar-refractivity contribution in [2.24, 2.45) is 0 Å². The highest BCUT2D eigenvalue weighted by Crippen LogP contribution is 2.59. The number of benzene rings is 2. The number of halogens is 2. The highest BCUT2D eigenvalue weighted by Gasteiger charge is 2.80. The van der Waals surface area contributed by atoms with Crippen LogP contribution in [-0.2, 0) is 46.4 Å². The van der Waals surface area contributed by atoms with Gasteiger partial charge in [-0.15, -0.1) is 0 Å². The summed E-state index contributed by atoms with van der Waals surface area (Å²) in [5, 5.41) is 7.48. The number of alkyl halides is 2. The van der Waals surface area contributed by atoms with Crippen LogP contribution in [0.4, 0.5) is 38.4 Å². The number of fused-ring (bicyclic) bond motifs is 2. The molecule has 2 aromatic rings. The molecule has 0 aromatic heterocycles. The first-order valence-corrected chi connectivity index (χ1v) is 37.0. The quantitative estimate of drug-likeness (QED) is 0.105. The predicted octanol–water partition coefficient (Wildman–Crippen LogP) is 1.31. The summed E-state index contributed by atoms with van der Waals surface area (Å²) in [6.45, 7) is 8.27. The highest BCUT2D eigenvalue weighted by atomic mass is 79.9. The minimum atomic E-state index is -4.35. The average Bonchev–Trinajstić information content (AvgIpc) is 1.50. The third kappa shape index (κ3) is 8.90. The molecule has 12 fully saturated rings. The third-order valence-electron chi connectivity index (χ3n) is 21.9. The van der Waals surface area contributed by atoms with Crippen LogP contribution < -0.4 is 29.6 Å². The Labute approximate surface area is 567 Å². The molecule has 4 N–H and O–H groups in total. The first-order valence-electron chi connectivity index (χ1n) is 31.6. The molecule has 0 aliphatic carbocycles. The number of urea groups is 8. The lowest BCUT2D eigenvalue weighted by molar-refractivity contribution is -0.0871. The van der Waals surface area contributed by atoms with Gasteiger partial charge in [0.05, 0.1) is 64.1 Å². The minimum Gasteiger partial charge on any atom is -0.493 e. The molecule has 14 aliphatic heterocycles. The second kappa shape index (κ2) is 22.5. The molecule has 2 aromatic carbocycles. The van der Waals surface area contributed by atoms with Crippen LogP contribution in [0.15, 0.2) is 24.3 Å². The fourth-order valence-corrected chi connectivity index (χ4v) is 18.2. The van der Waals surface area contributed by atoms with E-state index in [1.807, 2.05) is 0 Å². The van der Waals surface area contributed by atoms with Gasteiger partial charge in [-0.2, -0.15) is 16.8 Å². The Morgan fingerprint density at radius 1 is 0.385 bits per heavy atom. The van der Waals surface area contributed by atoms with Gasteiger partial charge in [-0.25, -0.2) is 38.4 Å². The number of nitrogens with one attached hydrogen (secondary N) is 2. The van der Waals surface area contributed by atoms with Crippen molar-refractivity contribution in [2.45, 2.75) is 114 Å². The maximum absolute atomic E-state index is 15.6. The number of nitrogens with zero attached hydrogens (tertiary/aromatic N) is 16. The predicted molar refractivity (Wildman–Crippen MR) is 336 cm³/mol. The summed E-state index contributed by atoms with van der Waals surface area (Å²) in [4.78, 5) is 147. The number of ether oxygens (including phenoxy) is 4. The summed E-state index contributed by atoms with van der Waals surface area (Å²) in [6.07, 6.45) is -5.05. The fraction of sp³-hybridized carbons (Fsp3) is 0.643. The van der Waals surface area contributed by atoms with Crippen molar-refractivity contribution in [3.8, 4) is 23.0 Å². The SMILES string of the molecule is C1CNCCN1.CC12N3Cc4c(OCCBr)ccc(OCCBr)c4CN1C(=O)N1CN4C(=O)N5CN6C(=O)N7CN8C(=O)N9Cc%10c(OCCCS(=O)(=O)O)ccc(OCCCS(=O)(=O)O)c%10CN%10C(=O)N(CN%11C(=O)N(CN%12C(=O)N(CN(C3=O)C12C)C4C%125)C6C%117)C8(C)C%109C. The minimum absolute atomic E-state index is 0.0172. The molecule has 40 heteroatoms. The molecule has 0 spiro atoms. The molecule has 0 radical (unpaired) electrons. The van der Waals surface area contributed by atoms with Crippen LogP contribution in [0.3, 0.4) is 0 Å². The van der Waals surface area contributed by atoms with Crippen molar-refractivity contribution in [3.63, 3.8) is 0 Å². The lowest BCUT2D eigenvalue weighted by Gasteiger charge is -2.49. The maximum Gasteiger partial charge on any atom is 0.326 e. The second-order valence-corrected chi connectivity index (χ2v) is 31.0. The molecular formula is C56H72Br2N18O18S2. The van der Waals surface area contributed by atoms with Crippen molar-refractivity contribution >= 4 is 100 Å². The molecule has 16 rings (SSSR count). The summed E-state index contributed by atoms with van der Waals surface area (Å²) < 4.78 is 90.0. The zero-order valence-electron chi connectivity index (χ0n) is 52.7. The normalized spacial score (nSPS) is 30.4. The zero-order valence-corrected chi connectivity index (χ0v) is 57.5. The van der Waals surface area contributed by atoms with Crippen molar-refractivity contribution in [3.05, 3.63) is 46.5 Å². The Bertz CT molecular complexity index is 3720. The van der Waals surface area contributed by atoms with E-state index in [9.17, 15) is 25.9 Å². The molecule has 14 heterocycles. The molecule has 96 heavy (non-hydrogen) atoms. The lowest BCUT2D eigenvalue weighted by atomic mass is 9.95. The van der Waals surface area contributed by atoms with E-state index in [4.69, 9.17) is 18.9 Å². The molecule has 0 bridgehead atoms. The van der Waals surface area contributed by atoms with Crippen LogP contribution in [0.2, 0.25) is 0 Å². The van der Waals surface area contributed by atoms with E-state index < -0.39 is 167 Å². The van der Waals surface area contributed by atoms with Crippen molar-refractivity contribution < 1.29 is 83.2 Å². The molecule has 0 unspecified atom stereocenters. The number of hydrogen-bond donors (Lipinski definition) is 4. The largest absolute Gasteiger partial charge is 0.493 e. The summed E-state index contributed by atoms with van der Waals surface area (Å²) in [7, 11) is -8.71. The molecule has 36 nitrogen and oxygen atoms in total. The summed E-state index contributed by atoms with van der Waals surface area (Å²) in [5.41, 5.74) is -4.29. The van der Waals surface area contributed by atoms with Crippen LogP contribution in [0.25, 0.3) is 0 Å². The number of amides is 16. The van der Waals surface area contributed by atoms with Gasteiger partial charge in [-0.1, -0.05) is 31.9 Å². The van der Waals surface area contributed by atoms with Gasteiger partial charge < -0.3 is 29.6 Å². The van der Waals surface area contributed by atoms with Gasteiger partial charge in [0.2, 0.25) is 0 Å². The standard InChI is InChI=1S/C52H62Br2N16O18S2.C4H10N2/c1-49-51(3)67-25-59-39-37-55(41(59)71)23-57-38-40-61(43(57)73)27-69-47(77)65-21-31-32(36(88-16-12-54)10-9-35(31)87-15-11-53)22-66-48(78)70(52(69,4)50(65,66)2)28-62(40)44(74)58(38)24-56(37)42(72)60(39)26-68(51)46(76)64(49)20-30-29(19-63(49)45(67)75)33(85-13-5-17-89(79,80)81)7-8-34(30)86-14-6-18-90(82,83)84;1-2-6-4-3-5-1/h7-10,37-40H,5-6,11-28H2,1-4H3,(H,79,80,81)(H,82,83,84);5-6H,1-4H2. The van der Waals surface area contributed by atoms with Gasteiger partial charge in [0.25, 0.3) is 20.2 Å². The second-order valence-electron chi connectivity index (χ2n) is 26.3. The number of carbonyl (C=O) groups is 8. The smallest absolute Gasteiger partial charge is 0.326 e. The Hall–Kier alpha value is -7.50. The van der Waals surface area contributed by atoms with E-state index >= 15 is 38.4 Å². The molecule has 0 atom stereocenters. The van der Waals surface area contributed by atoms with Crippen LogP contribution in [-0.4, -0.2) is 315 Å². The van der Waals surface area contributed by atoms with Gasteiger partial charge >= 0.3 is 48.2 Å². The van der Waals surface area contributed by atoms with Crippen LogP contribution in [0.5, 0.6) is 23.0 Å². The number of hydrogen-bond acceptors (Lipinski definition) is 18. The summed E-state index contributed by atoms with van der Waals surface area (Å²) >= 11 is 6.87. The van der Waals surface area contributed by atoms with Crippen molar-refractivity contribution in [1.29, 1.82) is 0 Å². The van der Waals surface area contributed by atoms with Crippen LogP contribution >= 0.6 is 31.9 Å². The van der Waals surface area contributed by atoms with Crippen molar-refractivity contribution in [2.75, 3.05) is 115 Å². The summed E-state index contributed by atoms with van der Waals surface area (Å²) in [6, 6.07) is 1.58. The van der Waals surface area contributed by atoms with E-state index in [1.54, 1.807) is 49.6 Å². The maximum atomic E-state index is 15.6. The number of rotatable bonds is 16. The third-order valence-corrected chi connectivity index (χ3v) is 24.1. The number of carbonyl (C=O) groups excluding carboxylic acids is 8. The van der Waals surface area contributed by atoms with E-state index in [2.05, 4.69) is 42.5 Å². The van der Waals surface area contributed by atoms with Gasteiger partial charge in [-0.05, 0) is 64.8 Å². The van der Waals surface area contributed by atoms with E-state index in [0.29, 0.717) is 57.6 Å². The van der Waals surface area contributed by atoms with E-state index in [-0.39, 0.29) is 63.7 Å². The van der Waals surface area contributed by atoms with Gasteiger partial charge in [0.15, 0.2) is 47.3 Å². The van der Waals surface area contributed by atoms with Crippen LogP contribution in [0.1, 0.15) is 62.8 Å². The monoisotopic (exact) mass is 1510 g/mol. The van der Waals surface area contributed by atoms with Crippen molar-refractivity contribution in [1.82, 2.24) is 89.0 Å². The lowest BCUT2D eigenvalue weighted by Crippen LogP contribution is -2.69. The molecule has 16 amide bonds. The average molecular weight is 1510 g/mol. The molecule has 14 aliphatic rings. The van der Waals surface area contributed by atoms with Gasteiger partial charge in [-0.3, -0.25) is 87.5 Å². The van der Waals surface area contributed by atoms with E-state index in [1.165, 1.54) is 80.7 Å². The molecule has 0 saturated carbocycles. The molecule has 520 valence electrons. The van der Waals surface area contributed by atoms with E-state index in [0.717, 1.165) is 26.2 Å².